The topological polar surface area (TPSA) is 57.7 Å². The second-order valence-corrected chi connectivity index (χ2v) is 9.70. The molecule has 0 radical (unpaired) electrons. The van der Waals surface area contributed by atoms with Gasteiger partial charge in [0.1, 0.15) is 0 Å². The van der Waals surface area contributed by atoms with Gasteiger partial charge in [-0.3, -0.25) is 9.69 Å². The molecule has 0 spiro atoms. The summed E-state index contributed by atoms with van der Waals surface area (Å²) in [6, 6.07) is 6.61. The van der Waals surface area contributed by atoms with Gasteiger partial charge in [0.15, 0.2) is 9.84 Å². The summed E-state index contributed by atoms with van der Waals surface area (Å²) in [4.78, 5) is 16.5. The molecule has 2 fully saturated rings. The lowest BCUT2D eigenvalue weighted by Crippen LogP contribution is -2.62. The first-order valence-electron chi connectivity index (χ1n) is 8.29. The third kappa shape index (κ3) is 3.60. The Kier molecular flexibility index (Phi) is 4.91. The van der Waals surface area contributed by atoms with Crippen LogP contribution in [0.4, 0.5) is 5.69 Å². The Bertz CT molecular complexity index is 735. The van der Waals surface area contributed by atoms with E-state index in [1.54, 1.807) is 23.1 Å². The van der Waals surface area contributed by atoms with Gasteiger partial charge in [-0.05, 0) is 37.1 Å². The van der Waals surface area contributed by atoms with Gasteiger partial charge in [-0.25, -0.2) is 8.42 Å². The fourth-order valence-corrected chi connectivity index (χ4v) is 5.75. The molecule has 24 heavy (non-hydrogen) atoms. The summed E-state index contributed by atoms with van der Waals surface area (Å²) < 4.78 is 24.5. The van der Waals surface area contributed by atoms with E-state index in [1.165, 1.54) is 0 Å². The van der Waals surface area contributed by atoms with Crippen LogP contribution in [0.2, 0.25) is 5.02 Å². The predicted molar refractivity (Wildman–Crippen MR) is 96.2 cm³/mol. The second kappa shape index (κ2) is 6.65. The maximum absolute atomic E-state index is 12.8. The number of carbonyl (C=O) groups excluding carboxylic acids is 1. The van der Waals surface area contributed by atoms with E-state index in [-0.39, 0.29) is 36.0 Å². The molecule has 0 saturated carbocycles. The van der Waals surface area contributed by atoms with Gasteiger partial charge in [-0.1, -0.05) is 31.5 Å². The fourth-order valence-electron chi connectivity index (χ4n) is 3.59. The summed E-state index contributed by atoms with van der Waals surface area (Å²) in [5.41, 5.74) is 0.683. The van der Waals surface area contributed by atoms with Gasteiger partial charge in [-0.2, -0.15) is 0 Å². The minimum atomic E-state index is -3.14. The lowest BCUT2D eigenvalue weighted by molar-refractivity contribution is -0.123. The molecule has 2 aliphatic rings. The number of nitrogens with zero attached hydrogens (tertiary/aromatic N) is 2. The minimum absolute atomic E-state index is 0.0219. The summed E-state index contributed by atoms with van der Waals surface area (Å²) in [6.07, 6.45) is 0.952. The van der Waals surface area contributed by atoms with Crippen molar-refractivity contribution in [2.45, 2.75) is 32.4 Å². The molecule has 0 N–H and O–H groups in total. The SMILES string of the molecule is CC(C)CCN1CC(=O)N(c2cccc(Cl)c2)[C@H]2CS(=O)(=O)C[C@H]21. The smallest absolute Gasteiger partial charge is 0.241 e. The number of fused-ring (bicyclic) bond motifs is 1. The van der Waals surface area contributed by atoms with Gasteiger partial charge < -0.3 is 4.90 Å². The van der Waals surface area contributed by atoms with Crippen molar-refractivity contribution in [2.75, 3.05) is 29.5 Å². The van der Waals surface area contributed by atoms with Crippen LogP contribution in [0.1, 0.15) is 20.3 Å². The zero-order valence-corrected chi connectivity index (χ0v) is 15.6. The molecular formula is C17H23ClN2O3S. The average molecular weight is 371 g/mol. The van der Waals surface area contributed by atoms with Crippen LogP contribution in [0.3, 0.4) is 0 Å². The first kappa shape index (κ1) is 17.7. The van der Waals surface area contributed by atoms with Gasteiger partial charge in [0.05, 0.1) is 24.1 Å². The van der Waals surface area contributed by atoms with E-state index in [2.05, 4.69) is 18.7 Å². The molecule has 7 heteroatoms. The van der Waals surface area contributed by atoms with Gasteiger partial charge in [0, 0.05) is 16.8 Å². The van der Waals surface area contributed by atoms with E-state index in [9.17, 15) is 13.2 Å². The molecule has 5 nitrogen and oxygen atoms in total. The van der Waals surface area contributed by atoms with Crippen LogP contribution < -0.4 is 4.90 Å². The number of hydrogen-bond acceptors (Lipinski definition) is 4. The van der Waals surface area contributed by atoms with Crippen molar-refractivity contribution in [3.8, 4) is 0 Å². The van der Waals surface area contributed by atoms with Crippen molar-refractivity contribution in [3.63, 3.8) is 0 Å². The number of halogens is 1. The third-order valence-corrected chi connectivity index (χ3v) is 6.72. The zero-order valence-electron chi connectivity index (χ0n) is 14.0. The van der Waals surface area contributed by atoms with E-state index in [0.29, 0.717) is 16.6 Å². The lowest BCUT2D eigenvalue weighted by atomic mass is 10.0. The standard InChI is InChI=1S/C17H23ClN2O3S/c1-12(2)6-7-19-9-17(21)20(14-5-3-4-13(18)8-14)16-11-24(22,23)10-15(16)19/h3-5,8,12,15-16H,6-7,9-11H2,1-2H3/t15-,16+/m1/s1. The molecule has 2 atom stereocenters. The maximum Gasteiger partial charge on any atom is 0.241 e. The molecule has 1 amide bonds. The van der Waals surface area contributed by atoms with E-state index in [1.807, 2.05) is 6.07 Å². The van der Waals surface area contributed by atoms with E-state index in [0.717, 1.165) is 13.0 Å². The number of carbonyl (C=O) groups is 1. The van der Waals surface area contributed by atoms with Gasteiger partial charge in [0.25, 0.3) is 0 Å². The predicted octanol–water partition coefficient (Wildman–Crippen LogP) is 2.20. The van der Waals surface area contributed by atoms with Gasteiger partial charge in [0.2, 0.25) is 5.91 Å². The van der Waals surface area contributed by atoms with Crippen LogP contribution >= 0.6 is 11.6 Å². The minimum Gasteiger partial charge on any atom is -0.306 e. The third-order valence-electron chi connectivity index (χ3n) is 4.78. The first-order valence-corrected chi connectivity index (χ1v) is 10.5. The number of anilines is 1. The quantitative estimate of drug-likeness (QED) is 0.815. The highest BCUT2D eigenvalue weighted by Crippen LogP contribution is 2.32. The Labute approximate surface area is 148 Å². The normalized spacial score (nSPS) is 26.8. The largest absolute Gasteiger partial charge is 0.306 e. The van der Waals surface area contributed by atoms with E-state index in [4.69, 9.17) is 11.6 Å². The second-order valence-electron chi connectivity index (χ2n) is 7.11. The average Bonchev–Trinajstić information content (AvgIpc) is 2.79. The van der Waals surface area contributed by atoms with Gasteiger partial charge in [-0.15, -0.1) is 0 Å². The maximum atomic E-state index is 12.8. The van der Waals surface area contributed by atoms with E-state index < -0.39 is 9.84 Å². The Morgan fingerprint density at radius 2 is 1.96 bits per heavy atom. The Morgan fingerprint density at radius 1 is 1.25 bits per heavy atom. The van der Waals surface area contributed by atoms with Crippen molar-refractivity contribution in [1.82, 2.24) is 4.90 Å². The number of hydrogen-bond donors (Lipinski definition) is 0. The van der Waals surface area contributed by atoms with Crippen LogP contribution in [0, 0.1) is 5.92 Å². The molecule has 0 aromatic heterocycles. The van der Waals surface area contributed by atoms with Gasteiger partial charge >= 0.3 is 0 Å². The van der Waals surface area contributed by atoms with Crippen LogP contribution in [-0.4, -0.2) is 55.9 Å². The summed E-state index contributed by atoms with van der Waals surface area (Å²) in [5.74, 6) is 0.607. The van der Waals surface area contributed by atoms with Crippen molar-refractivity contribution >= 4 is 33.0 Å². The summed E-state index contributed by atoms with van der Waals surface area (Å²) in [6.45, 7) is 5.28. The fraction of sp³-hybridized carbons (Fsp3) is 0.588. The molecular weight excluding hydrogens is 348 g/mol. The first-order chi connectivity index (χ1) is 11.3. The number of benzene rings is 1. The van der Waals surface area contributed by atoms with Crippen LogP contribution in [0.5, 0.6) is 0 Å². The molecule has 1 aromatic rings. The Balaban J connectivity index is 1.92. The summed E-state index contributed by atoms with van der Waals surface area (Å²) in [7, 11) is -3.14. The van der Waals surface area contributed by atoms with Crippen molar-refractivity contribution in [1.29, 1.82) is 0 Å². The Morgan fingerprint density at radius 3 is 2.62 bits per heavy atom. The summed E-state index contributed by atoms with van der Waals surface area (Å²) in [5, 5.41) is 0.542. The summed E-state index contributed by atoms with van der Waals surface area (Å²) >= 11 is 6.06. The molecule has 1 aromatic carbocycles. The van der Waals surface area contributed by atoms with Crippen LogP contribution in [-0.2, 0) is 14.6 Å². The van der Waals surface area contributed by atoms with Crippen molar-refractivity contribution in [2.24, 2.45) is 5.92 Å². The van der Waals surface area contributed by atoms with Crippen molar-refractivity contribution in [3.05, 3.63) is 29.3 Å². The molecule has 2 heterocycles. The molecule has 0 aliphatic carbocycles. The lowest BCUT2D eigenvalue weighted by Gasteiger charge is -2.43. The van der Waals surface area contributed by atoms with Crippen molar-refractivity contribution < 1.29 is 13.2 Å². The highest BCUT2D eigenvalue weighted by molar-refractivity contribution is 7.91. The molecule has 132 valence electrons. The number of rotatable bonds is 4. The molecule has 0 bridgehead atoms. The monoisotopic (exact) mass is 370 g/mol. The Hall–Kier alpha value is -1.11. The zero-order chi connectivity index (χ0) is 17.5. The molecule has 2 saturated heterocycles. The molecule has 0 unspecified atom stereocenters. The number of sulfone groups is 1. The number of piperazine rings is 1. The number of amides is 1. The molecule has 3 rings (SSSR count). The highest BCUT2D eigenvalue weighted by atomic mass is 35.5. The van der Waals surface area contributed by atoms with E-state index >= 15 is 0 Å². The highest BCUT2D eigenvalue weighted by Gasteiger charge is 2.49. The van der Waals surface area contributed by atoms with Crippen LogP contribution in [0.25, 0.3) is 0 Å². The van der Waals surface area contributed by atoms with Crippen LogP contribution in [0.15, 0.2) is 24.3 Å². The molecule has 2 aliphatic heterocycles.